The molecule has 0 fully saturated rings. The second-order valence-corrected chi connectivity index (χ2v) is 4.67. The molecule has 0 N–H and O–H groups in total. The van der Waals surface area contributed by atoms with Gasteiger partial charge in [0.15, 0.2) is 0 Å². The number of ether oxygens (including phenoxy) is 1. The minimum absolute atomic E-state index is 0.386. The van der Waals surface area contributed by atoms with Gasteiger partial charge in [0.05, 0.1) is 0 Å². The van der Waals surface area contributed by atoms with Crippen molar-refractivity contribution in [3.05, 3.63) is 12.2 Å². The predicted octanol–water partition coefficient (Wildman–Crippen LogP) is 4.60. The molecule has 0 saturated heterocycles. The molecular formula is C16H26O2. The van der Waals surface area contributed by atoms with E-state index in [1.165, 1.54) is 44.9 Å². The largest absolute Gasteiger partial charge is 0.369 e. The van der Waals surface area contributed by atoms with Gasteiger partial charge in [-0.3, -0.25) is 0 Å². The van der Waals surface area contributed by atoms with Crippen molar-refractivity contribution in [2.24, 2.45) is 0 Å². The van der Waals surface area contributed by atoms with Crippen LogP contribution >= 0.6 is 0 Å². The number of hydrogen-bond donors (Lipinski definition) is 0. The molecule has 2 heteroatoms. The van der Waals surface area contributed by atoms with Crippen molar-refractivity contribution >= 4 is 5.97 Å². The first-order valence-corrected chi connectivity index (χ1v) is 7.03. The molecule has 0 heterocycles. The molecular weight excluding hydrogens is 224 g/mol. The summed E-state index contributed by atoms with van der Waals surface area (Å²) in [6.07, 6.45) is 13.5. The van der Waals surface area contributed by atoms with Crippen LogP contribution in [0.2, 0.25) is 0 Å². The average Bonchev–Trinajstić information content (AvgIpc) is 2.35. The number of carbonyl (C=O) groups excluding carboxylic acids is 1. The maximum atomic E-state index is 11.0. The van der Waals surface area contributed by atoms with Crippen LogP contribution in [-0.4, -0.2) is 5.97 Å². The highest BCUT2D eigenvalue weighted by Gasteiger charge is 1.99. The first kappa shape index (κ1) is 16.8. The zero-order valence-electron chi connectivity index (χ0n) is 11.9. The Morgan fingerprint density at radius 3 is 2.17 bits per heavy atom. The van der Waals surface area contributed by atoms with Gasteiger partial charge in [-0.15, -0.1) is 0 Å². The predicted molar refractivity (Wildman–Crippen MR) is 75.9 cm³/mol. The molecule has 0 spiro atoms. The van der Waals surface area contributed by atoms with Gasteiger partial charge in [-0.25, -0.2) is 4.79 Å². The summed E-state index contributed by atoms with van der Waals surface area (Å²) in [7, 11) is 0. The number of rotatable bonds is 9. The molecule has 18 heavy (non-hydrogen) atoms. The van der Waals surface area contributed by atoms with E-state index in [1.54, 1.807) is 6.92 Å². The molecule has 0 radical (unpaired) electrons. The highest BCUT2D eigenvalue weighted by molar-refractivity contribution is 5.87. The molecule has 0 aromatic heterocycles. The Morgan fingerprint density at radius 1 is 1.06 bits per heavy atom. The highest BCUT2D eigenvalue weighted by atomic mass is 16.5. The van der Waals surface area contributed by atoms with E-state index in [1.807, 2.05) is 0 Å². The molecule has 2 nitrogen and oxygen atoms in total. The van der Waals surface area contributed by atoms with Crippen molar-refractivity contribution in [2.45, 2.75) is 71.6 Å². The third kappa shape index (κ3) is 11.3. The van der Waals surface area contributed by atoms with E-state index in [4.69, 9.17) is 0 Å². The number of esters is 1. The topological polar surface area (TPSA) is 26.3 Å². The molecule has 0 rings (SSSR count). The summed E-state index contributed by atoms with van der Waals surface area (Å²) in [6, 6.07) is 0. The van der Waals surface area contributed by atoms with E-state index >= 15 is 0 Å². The fourth-order valence-corrected chi connectivity index (χ4v) is 1.57. The summed E-state index contributed by atoms with van der Waals surface area (Å²) in [5, 5.41) is 0. The lowest BCUT2D eigenvalue weighted by Gasteiger charge is -1.99. The molecule has 0 aromatic carbocycles. The second kappa shape index (κ2) is 12.2. The summed E-state index contributed by atoms with van der Waals surface area (Å²) in [5.74, 6) is 2.42. The van der Waals surface area contributed by atoms with Crippen LogP contribution in [0, 0.1) is 12.0 Å². The fraction of sp³-hybridized carbons (Fsp3) is 0.688. The van der Waals surface area contributed by atoms with Crippen LogP contribution in [-0.2, 0) is 9.53 Å². The third-order valence-corrected chi connectivity index (χ3v) is 2.72. The molecule has 0 unspecified atom stereocenters. The quantitative estimate of drug-likeness (QED) is 0.259. The van der Waals surface area contributed by atoms with Gasteiger partial charge < -0.3 is 4.74 Å². The maximum Gasteiger partial charge on any atom is 0.347 e. The third-order valence-electron chi connectivity index (χ3n) is 2.72. The zero-order chi connectivity index (χ0) is 13.6. The number of carbonyl (C=O) groups is 1. The van der Waals surface area contributed by atoms with Gasteiger partial charge >= 0.3 is 5.97 Å². The molecule has 0 amide bonds. The van der Waals surface area contributed by atoms with Gasteiger partial charge in [-0.1, -0.05) is 64.4 Å². The van der Waals surface area contributed by atoms with E-state index in [2.05, 4.69) is 30.3 Å². The molecule has 0 aliphatic rings. The Bertz CT molecular complexity index is 294. The van der Waals surface area contributed by atoms with E-state index in [9.17, 15) is 4.79 Å². The van der Waals surface area contributed by atoms with Gasteiger partial charge in [-0.05, 0) is 13.3 Å². The molecule has 102 valence electrons. The van der Waals surface area contributed by atoms with Crippen LogP contribution in [0.25, 0.3) is 0 Å². The van der Waals surface area contributed by atoms with Crippen molar-refractivity contribution in [1.82, 2.24) is 0 Å². The van der Waals surface area contributed by atoms with Gasteiger partial charge in [-0.2, -0.15) is 0 Å². The monoisotopic (exact) mass is 250 g/mol. The molecule has 0 aromatic rings. The fourth-order valence-electron chi connectivity index (χ4n) is 1.57. The van der Waals surface area contributed by atoms with E-state index in [0.29, 0.717) is 5.57 Å². The lowest BCUT2D eigenvalue weighted by Crippen LogP contribution is -1.99. The number of unbranched alkanes of at least 4 members (excludes halogenated alkanes) is 8. The van der Waals surface area contributed by atoms with Crippen molar-refractivity contribution in [1.29, 1.82) is 0 Å². The Kier molecular flexibility index (Phi) is 11.4. The Hall–Kier alpha value is -1.23. The average molecular weight is 250 g/mol. The first-order valence-electron chi connectivity index (χ1n) is 7.03. The van der Waals surface area contributed by atoms with Crippen LogP contribution in [0.4, 0.5) is 0 Å². The van der Waals surface area contributed by atoms with Crippen molar-refractivity contribution in [2.75, 3.05) is 0 Å². The lowest BCUT2D eigenvalue weighted by molar-refractivity contribution is -0.132. The van der Waals surface area contributed by atoms with Crippen LogP contribution in [0.1, 0.15) is 71.6 Å². The van der Waals surface area contributed by atoms with Crippen LogP contribution < -0.4 is 0 Å². The number of hydrogen-bond acceptors (Lipinski definition) is 2. The molecule has 0 atom stereocenters. The summed E-state index contributed by atoms with van der Waals surface area (Å²) in [5.41, 5.74) is 0.386. The van der Waals surface area contributed by atoms with Gasteiger partial charge in [0, 0.05) is 12.0 Å². The Morgan fingerprint density at radius 2 is 1.61 bits per heavy atom. The van der Waals surface area contributed by atoms with Crippen LogP contribution in [0.15, 0.2) is 12.2 Å². The summed E-state index contributed by atoms with van der Waals surface area (Å²) < 4.78 is 4.68. The maximum absolute atomic E-state index is 11.0. The van der Waals surface area contributed by atoms with E-state index < -0.39 is 5.97 Å². The smallest absolute Gasteiger partial charge is 0.347 e. The van der Waals surface area contributed by atoms with E-state index in [0.717, 1.165) is 12.8 Å². The van der Waals surface area contributed by atoms with Gasteiger partial charge in [0.25, 0.3) is 0 Å². The molecule has 0 aliphatic carbocycles. The summed E-state index contributed by atoms with van der Waals surface area (Å²) in [4.78, 5) is 11.0. The second-order valence-electron chi connectivity index (χ2n) is 4.67. The van der Waals surface area contributed by atoms with Crippen molar-refractivity contribution < 1.29 is 9.53 Å². The molecule has 0 aliphatic heterocycles. The highest BCUT2D eigenvalue weighted by Crippen LogP contribution is 2.09. The Labute approximate surface area is 112 Å². The molecule has 0 saturated carbocycles. The Balaban J connectivity index is 3.28. The SMILES string of the molecule is C=C(C)C(=O)OC#CCCCCCCCCCC. The molecule has 0 bridgehead atoms. The normalized spacial score (nSPS) is 9.44. The summed E-state index contributed by atoms with van der Waals surface area (Å²) >= 11 is 0. The minimum Gasteiger partial charge on any atom is -0.369 e. The zero-order valence-corrected chi connectivity index (χ0v) is 11.9. The summed E-state index contributed by atoms with van der Waals surface area (Å²) in [6.45, 7) is 7.33. The van der Waals surface area contributed by atoms with Gasteiger partial charge in [0.2, 0.25) is 0 Å². The standard InChI is InChI=1S/C16H26O2/c1-4-5-6-7-8-9-10-11-12-13-14-18-16(17)15(2)3/h2,4-12H2,1,3H3. The minimum atomic E-state index is -0.432. The lowest BCUT2D eigenvalue weighted by atomic mass is 10.1. The van der Waals surface area contributed by atoms with Crippen LogP contribution in [0.3, 0.4) is 0 Å². The van der Waals surface area contributed by atoms with Crippen LogP contribution in [0.5, 0.6) is 0 Å². The van der Waals surface area contributed by atoms with Crippen molar-refractivity contribution in [3.63, 3.8) is 0 Å². The van der Waals surface area contributed by atoms with Crippen molar-refractivity contribution in [3.8, 4) is 12.0 Å². The van der Waals surface area contributed by atoms with Gasteiger partial charge in [0.1, 0.15) is 6.11 Å². The first-order chi connectivity index (χ1) is 8.68. The van der Waals surface area contributed by atoms with E-state index in [-0.39, 0.29) is 0 Å².